The number of rotatable bonds is 3. The normalized spacial score (nSPS) is 52.2. The number of esters is 3. The zero-order chi connectivity index (χ0) is 23.6. The van der Waals surface area contributed by atoms with Crippen molar-refractivity contribution in [3.63, 3.8) is 0 Å². The van der Waals surface area contributed by atoms with E-state index in [2.05, 4.69) is 6.58 Å². The Morgan fingerprint density at radius 1 is 1.15 bits per heavy atom. The second kappa shape index (κ2) is 6.24. The van der Waals surface area contributed by atoms with Gasteiger partial charge < -0.3 is 33.2 Å². The molecule has 0 radical (unpaired) electrons. The van der Waals surface area contributed by atoms with E-state index in [0.717, 1.165) is 5.57 Å². The third-order valence-corrected chi connectivity index (χ3v) is 7.76. The van der Waals surface area contributed by atoms with E-state index in [0.29, 0.717) is 18.4 Å². The third-order valence-electron chi connectivity index (χ3n) is 7.76. The number of fused-ring (bicyclic) bond motifs is 4. The number of carbonyl (C=O) groups excluding carboxylic acids is 3. The van der Waals surface area contributed by atoms with Crippen molar-refractivity contribution in [3.8, 4) is 0 Å². The molecule has 4 bridgehead atoms. The molecule has 0 N–H and O–H groups in total. The van der Waals surface area contributed by atoms with Gasteiger partial charge in [-0.25, -0.2) is 9.59 Å². The number of hydrogen-bond donors (Lipinski definition) is 0. The van der Waals surface area contributed by atoms with Crippen LogP contribution >= 0.6 is 0 Å². The minimum absolute atomic E-state index is 0.198. The highest BCUT2D eigenvalue weighted by Gasteiger charge is 3.01. The quantitative estimate of drug-likeness (QED) is 0.260. The summed E-state index contributed by atoms with van der Waals surface area (Å²) in [5, 5.41) is 0. The van der Waals surface area contributed by atoms with Crippen molar-refractivity contribution in [2.24, 2.45) is 5.92 Å². The van der Waals surface area contributed by atoms with Crippen molar-refractivity contribution in [2.75, 3.05) is 7.11 Å². The molecule has 0 aliphatic carbocycles. The molecule has 0 aromatic carbocycles. The van der Waals surface area contributed by atoms with E-state index in [1.54, 1.807) is 6.08 Å². The third kappa shape index (κ3) is 2.60. The molecule has 4 unspecified atom stereocenters. The predicted molar refractivity (Wildman–Crippen MR) is 106 cm³/mol. The fraction of sp³-hybridized carbons (Fsp3) is 0.696. The molecule has 10 nitrogen and oxygen atoms in total. The maximum absolute atomic E-state index is 12.8. The molecule has 0 aromatic heterocycles. The fourth-order valence-corrected chi connectivity index (χ4v) is 5.98. The van der Waals surface area contributed by atoms with Crippen LogP contribution in [0.2, 0.25) is 0 Å². The van der Waals surface area contributed by atoms with E-state index in [1.165, 1.54) is 14.0 Å². The van der Waals surface area contributed by atoms with Gasteiger partial charge in [0.25, 0.3) is 5.60 Å². The van der Waals surface area contributed by atoms with Gasteiger partial charge in [0.05, 0.1) is 12.7 Å². The molecule has 5 saturated heterocycles. The number of allylic oxidation sites excluding steroid dienone is 2. The lowest BCUT2D eigenvalue weighted by molar-refractivity contribution is -0.163. The first-order valence-electron chi connectivity index (χ1n) is 11.1. The van der Waals surface area contributed by atoms with E-state index in [4.69, 9.17) is 33.2 Å². The van der Waals surface area contributed by atoms with Crippen LogP contribution in [0.4, 0.5) is 0 Å². The van der Waals surface area contributed by atoms with Crippen molar-refractivity contribution in [3.05, 3.63) is 23.8 Å². The van der Waals surface area contributed by atoms with Crippen LogP contribution in [0.3, 0.4) is 0 Å². The van der Waals surface area contributed by atoms with Crippen LogP contribution in [0.15, 0.2) is 23.8 Å². The van der Waals surface area contributed by atoms with Gasteiger partial charge in [0, 0.05) is 19.8 Å². The van der Waals surface area contributed by atoms with Crippen LogP contribution in [0, 0.1) is 5.92 Å². The monoisotopic (exact) mass is 462 g/mol. The molecule has 6 aliphatic rings. The molecule has 0 amide bonds. The minimum Gasteiger partial charge on any atom is -0.467 e. The van der Waals surface area contributed by atoms with Gasteiger partial charge in [-0.1, -0.05) is 18.2 Å². The average Bonchev–Trinajstić information content (AvgIpc) is 3.67. The number of methoxy groups -OCH3 is 1. The maximum Gasteiger partial charge on any atom is 0.347 e. The van der Waals surface area contributed by atoms with Gasteiger partial charge >= 0.3 is 17.9 Å². The Morgan fingerprint density at radius 3 is 2.58 bits per heavy atom. The Kier molecular flexibility index (Phi) is 4.02. The van der Waals surface area contributed by atoms with E-state index < -0.39 is 65.1 Å². The lowest BCUT2D eigenvalue weighted by atomic mass is 9.84. The number of hydrogen-bond acceptors (Lipinski definition) is 10. The highest BCUT2D eigenvalue weighted by molar-refractivity contribution is 5.93. The molecule has 2 spiro atoms. The summed E-state index contributed by atoms with van der Waals surface area (Å²) in [6, 6.07) is 0. The van der Waals surface area contributed by atoms with Crippen molar-refractivity contribution < 1.29 is 47.5 Å². The smallest absolute Gasteiger partial charge is 0.347 e. The molecule has 0 aromatic rings. The molecular weight excluding hydrogens is 436 g/mol. The van der Waals surface area contributed by atoms with Crippen LogP contribution in [0.25, 0.3) is 0 Å². The zero-order valence-corrected chi connectivity index (χ0v) is 18.9. The van der Waals surface area contributed by atoms with Gasteiger partial charge in [0.2, 0.25) is 11.6 Å². The molecule has 0 saturated carbocycles. The summed E-state index contributed by atoms with van der Waals surface area (Å²) in [6.07, 6.45) is -0.0349. The second-order valence-electron chi connectivity index (χ2n) is 10.0. The first-order valence-corrected chi connectivity index (χ1v) is 11.1. The van der Waals surface area contributed by atoms with Crippen LogP contribution in [-0.4, -0.2) is 72.2 Å². The van der Waals surface area contributed by atoms with E-state index in [9.17, 15) is 14.4 Å². The molecule has 10 heteroatoms. The SMILES string of the molecule is C=C(C)[C@H]1C/C=C2\C(=O)O[C@H](C[C@]3(C)O[C@H]3C34OC3C3(C(=O)OC)OC3(C1)O4)[C@H]2OC(C)=O. The lowest BCUT2D eigenvalue weighted by Crippen LogP contribution is -2.38. The molecule has 178 valence electrons. The first kappa shape index (κ1) is 21.3. The number of carbonyl (C=O) groups is 3. The Bertz CT molecular complexity index is 1030. The van der Waals surface area contributed by atoms with Crippen LogP contribution < -0.4 is 0 Å². The summed E-state index contributed by atoms with van der Waals surface area (Å²) < 4.78 is 40.5. The van der Waals surface area contributed by atoms with Crippen LogP contribution in [0.1, 0.15) is 40.0 Å². The van der Waals surface area contributed by atoms with Gasteiger partial charge in [0.1, 0.15) is 17.8 Å². The van der Waals surface area contributed by atoms with E-state index in [1.807, 2.05) is 13.8 Å². The van der Waals surface area contributed by atoms with Gasteiger partial charge in [-0.2, -0.15) is 0 Å². The highest BCUT2D eigenvalue weighted by Crippen LogP contribution is 2.76. The molecule has 6 heterocycles. The van der Waals surface area contributed by atoms with Crippen molar-refractivity contribution >= 4 is 17.9 Å². The van der Waals surface area contributed by atoms with Crippen molar-refractivity contribution in [1.82, 2.24) is 0 Å². The molecular formula is C23H26O10. The Balaban J connectivity index is 1.41. The first-order chi connectivity index (χ1) is 15.5. The summed E-state index contributed by atoms with van der Waals surface area (Å²) in [7, 11) is 1.30. The lowest BCUT2D eigenvalue weighted by Gasteiger charge is -2.23. The number of ether oxygens (including phenoxy) is 7. The van der Waals surface area contributed by atoms with Gasteiger partial charge in [-0.15, -0.1) is 0 Å². The van der Waals surface area contributed by atoms with Gasteiger partial charge in [0.15, 0.2) is 12.2 Å². The zero-order valence-electron chi connectivity index (χ0n) is 18.9. The van der Waals surface area contributed by atoms with Gasteiger partial charge in [-0.3, -0.25) is 4.79 Å². The topological polar surface area (TPSA) is 126 Å². The van der Waals surface area contributed by atoms with Crippen molar-refractivity contribution in [1.29, 1.82) is 0 Å². The largest absolute Gasteiger partial charge is 0.467 e. The molecule has 6 rings (SSSR count). The highest BCUT2D eigenvalue weighted by atomic mass is 17.0. The van der Waals surface area contributed by atoms with Crippen LogP contribution in [-0.2, 0) is 47.5 Å². The van der Waals surface area contributed by atoms with Crippen LogP contribution in [0.5, 0.6) is 0 Å². The van der Waals surface area contributed by atoms with Crippen molar-refractivity contribution in [2.45, 2.75) is 87.2 Å². The van der Waals surface area contributed by atoms with E-state index in [-0.39, 0.29) is 12.3 Å². The van der Waals surface area contributed by atoms with E-state index >= 15 is 0 Å². The standard InChI is InChI=1S/C23H26O10/c1-10(2)12-6-7-13-15(28-11(3)24)14(29-16(13)25)9-20(4)17(30-20)23-18(31-23)22(19(26)27-5)21(8-12,32-22)33-23/h7,12,14-15,17-18H,1,6,8-9H2,2-5H3/b13-7-/t12-,14+,15-,17+,18?,20-,21?,22?,23?/m0/s1. The Morgan fingerprint density at radius 2 is 1.91 bits per heavy atom. The second-order valence-corrected chi connectivity index (χ2v) is 10.0. The molecule has 5 fully saturated rings. The summed E-state index contributed by atoms with van der Waals surface area (Å²) in [5.74, 6) is -4.14. The molecule has 6 aliphatic heterocycles. The summed E-state index contributed by atoms with van der Waals surface area (Å²) in [4.78, 5) is 37.3. The molecule has 33 heavy (non-hydrogen) atoms. The average molecular weight is 462 g/mol. The Labute approximate surface area is 190 Å². The number of epoxide rings is 3. The summed E-state index contributed by atoms with van der Waals surface area (Å²) >= 11 is 0. The summed E-state index contributed by atoms with van der Waals surface area (Å²) in [6.45, 7) is 9.10. The predicted octanol–water partition coefficient (Wildman–Crippen LogP) is 1.07. The molecule has 9 atom stereocenters. The Hall–Kier alpha value is -2.27. The van der Waals surface area contributed by atoms with Gasteiger partial charge in [-0.05, 0) is 26.2 Å². The maximum atomic E-state index is 12.8. The minimum atomic E-state index is -1.36. The fourth-order valence-electron chi connectivity index (χ4n) is 5.98. The summed E-state index contributed by atoms with van der Waals surface area (Å²) in [5.41, 5.74) is -1.01.